The van der Waals surface area contributed by atoms with Gasteiger partial charge in [-0.05, 0) is 36.4 Å². The van der Waals surface area contributed by atoms with Crippen molar-refractivity contribution in [2.45, 2.75) is 13.1 Å². The van der Waals surface area contributed by atoms with Crippen LogP contribution in [0.1, 0.15) is 11.1 Å². The van der Waals surface area contributed by atoms with Gasteiger partial charge in [0, 0.05) is 60.4 Å². The van der Waals surface area contributed by atoms with Crippen molar-refractivity contribution in [2.24, 2.45) is 0 Å². The Morgan fingerprint density at radius 1 is 0.439 bits per heavy atom. The fraction of sp³-hybridized carbons (Fsp3) is 0.600. The van der Waals surface area contributed by atoms with Gasteiger partial charge in [-0.15, -0.1) is 0 Å². The van der Waals surface area contributed by atoms with Crippen LogP contribution in [0.4, 0.5) is 0 Å². The minimum Gasteiger partial charge on any atom is -0.491 e. The van der Waals surface area contributed by atoms with Gasteiger partial charge in [-0.3, -0.25) is 9.80 Å². The highest BCUT2D eigenvalue weighted by atomic mass is 35.5. The lowest BCUT2D eigenvalue weighted by Crippen LogP contribution is -2.33. The van der Waals surface area contributed by atoms with Gasteiger partial charge in [-0.2, -0.15) is 0 Å². The molecule has 41 heavy (non-hydrogen) atoms. The molecule has 1 saturated heterocycles. The maximum absolute atomic E-state index is 6.36. The molecule has 2 aromatic rings. The molecule has 2 bridgehead atoms. The van der Waals surface area contributed by atoms with Gasteiger partial charge in [0.1, 0.15) is 24.7 Å². The van der Waals surface area contributed by atoms with Gasteiger partial charge in [-0.1, -0.05) is 23.2 Å². The maximum atomic E-state index is 6.36. The van der Waals surface area contributed by atoms with Crippen molar-refractivity contribution >= 4 is 23.2 Å². The fourth-order valence-corrected chi connectivity index (χ4v) is 4.98. The number of rotatable bonds is 0. The quantitative estimate of drug-likeness (QED) is 0.408. The van der Waals surface area contributed by atoms with E-state index in [9.17, 15) is 0 Å². The number of halogens is 2. The first-order chi connectivity index (χ1) is 20.2. The molecule has 1 fully saturated rings. The van der Waals surface area contributed by atoms with Crippen LogP contribution < -0.4 is 9.47 Å². The lowest BCUT2D eigenvalue weighted by molar-refractivity contribution is 0.00609. The molecule has 11 heteroatoms. The highest BCUT2D eigenvalue weighted by Crippen LogP contribution is 2.26. The van der Waals surface area contributed by atoms with Gasteiger partial charge < -0.3 is 33.2 Å². The Balaban J connectivity index is 1.50. The molecule has 0 unspecified atom stereocenters. The summed E-state index contributed by atoms with van der Waals surface area (Å²) in [5.74, 6) is 1.57. The van der Waals surface area contributed by atoms with Crippen LogP contribution in [0.5, 0.6) is 11.5 Å². The summed E-state index contributed by atoms with van der Waals surface area (Å²) in [6.45, 7) is 10.5. The molecule has 0 radical (unpaired) electrons. The monoisotopic (exact) mass is 612 g/mol. The highest BCUT2D eigenvalue weighted by Gasteiger charge is 2.14. The average Bonchev–Trinajstić information content (AvgIpc) is 2.95. The second-order valence-electron chi connectivity index (χ2n) is 9.82. The smallest absolute Gasteiger partial charge is 0.124 e. The molecular formula is C30H42Cl2N2O7. The van der Waals surface area contributed by atoms with Crippen LogP contribution in [0.3, 0.4) is 0 Å². The number of fused-ring (bicyclic) bond motifs is 20. The molecule has 0 saturated carbocycles. The van der Waals surface area contributed by atoms with Crippen molar-refractivity contribution in [3.63, 3.8) is 0 Å². The van der Waals surface area contributed by atoms with E-state index >= 15 is 0 Å². The molecule has 0 aliphatic carbocycles. The molecule has 228 valence electrons. The SMILES string of the molecule is Clc1ccc2c(c1)CN1CCOCCOCCN(CCOCCOCC1)Cc1cc(Cl)ccc1OCCOCCO2. The van der Waals surface area contributed by atoms with Crippen molar-refractivity contribution in [1.29, 1.82) is 0 Å². The summed E-state index contributed by atoms with van der Waals surface area (Å²) in [7, 11) is 0. The molecule has 9 nitrogen and oxygen atoms in total. The molecule has 0 aromatic heterocycles. The van der Waals surface area contributed by atoms with E-state index in [1.807, 2.05) is 36.4 Å². The summed E-state index contributed by atoms with van der Waals surface area (Å²) < 4.78 is 41.6. The van der Waals surface area contributed by atoms with E-state index in [-0.39, 0.29) is 0 Å². The second-order valence-corrected chi connectivity index (χ2v) is 10.7. The molecule has 0 amide bonds. The number of nitrogens with zero attached hydrogens (tertiary/aromatic N) is 2. The van der Waals surface area contributed by atoms with Crippen molar-refractivity contribution in [3.05, 3.63) is 57.6 Å². The average molecular weight is 614 g/mol. The third kappa shape index (κ3) is 12.2. The van der Waals surface area contributed by atoms with Crippen LogP contribution in [0.15, 0.2) is 36.4 Å². The molecule has 5 rings (SSSR count). The Morgan fingerprint density at radius 2 is 0.780 bits per heavy atom. The third-order valence-electron chi connectivity index (χ3n) is 6.75. The van der Waals surface area contributed by atoms with Crippen molar-refractivity contribution in [3.8, 4) is 11.5 Å². The topological polar surface area (TPSA) is 71.1 Å². The summed E-state index contributed by atoms with van der Waals surface area (Å²) in [5.41, 5.74) is 2.01. The Morgan fingerprint density at radius 3 is 1.17 bits per heavy atom. The van der Waals surface area contributed by atoms with Crippen LogP contribution in [0, 0.1) is 0 Å². The summed E-state index contributed by atoms with van der Waals surface area (Å²) in [4.78, 5) is 4.57. The van der Waals surface area contributed by atoms with Gasteiger partial charge >= 0.3 is 0 Å². The van der Waals surface area contributed by atoms with Gasteiger partial charge in [0.2, 0.25) is 0 Å². The molecule has 2 aromatic carbocycles. The van der Waals surface area contributed by atoms with E-state index in [0.29, 0.717) is 102 Å². The van der Waals surface area contributed by atoms with Crippen molar-refractivity contribution in [1.82, 2.24) is 9.80 Å². The van der Waals surface area contributed by atoms with E-state index in [0.717, 1.165) is 48.8 Å². The first-order valence-corrected chi connectivity index (χ1v) is 15.1. The first kappa shape index (κ1) is 32.3. The molecule has 3 heterocycles. The lowest BCUT2D eigenvalue weighted by atomic mass is 10.2. The number of benzene rings is 2. The Labute approximate surface area is 253 Å². The number of hydrogen-bond acceptors (Lipinski definition) is 9. The zero-order valence-corrected chi connectivity index (χ0v) is 25.2. The fourth-order valence-electron chi connectivity index (χ4n) is 4.59. The number of hydrogen-bond donors (Lipinski definition) is 0. The van der Waals surface area contributed by atoms with Crippen molar-refractivity contribution < 1.29 is 33.2 Å². The molecule has 0 spiro atoms. The Kier molecular flexibility index (Phi) is 14.8. The van der Waals surface area contributed by atoms with E-state index in [2.05, 4.69) is 9.80 Å². The standard InChI is InChI=1S/C30H42Cl2N2O7/c31-27-1-3-29-25(21-27)23-33-5-9-35-13-15-37-11-7-34(8-12-38-16-14-36-10-6-33)24-26-22-28(32)2-4-30(26)41-20-18-39-17-19-40-29/h1-4,21-22H,5-20,23-24H2. The molecule has 0 atom stereocenters. The number of ether oxygens (including phenoxy) is 7. The summed E-state index contributed by atoms with van der Waals surface area (Å²) in [5, 5.41) is 1.34. The van der Waals surface area contributed by atoms with E-state index < -0.39 is 0 Å². The van der Waals surface area contributed by atoms with Gasteiger partial charge in [0.05, 0.1) is 66.1 Å². The minimum atomic E-state index is 0.419. The Bertz CT molecular complexity index is 933. The molecule has 0 N–H and O–H groups in total. The first-order valence-electron chi connectivity index (χ1n) is 14.3. The zero-order valence-electron chi connectivity index (χ0n) is 23.7. The van der Waals surface area contributed by atoms with E-state index in [4.69, 9.17) is 56.4 Å². The molecule has 3 aliphatic heterocycles. The third-order valence-corrected chi connectivity index (χ3v) is 7.23. The van der Waals surface area contributed by atoms with Gasteiger partial charge in [0.25, 0.3) is 0 Å². The maximum Gasteiger partial charge on any atom is 0.124 e. The second kappa shape index (κ2) is 18.8. The highest BCUT2D eigenvalue weighted by molar-refractivity contribution is 6.31. The van der Waals surface area contributed by atoms with Crippen LogP contribution >= 0.6 is 23.2 Å². The Hall–Kier alpha value is -1.66. The van der Waals surface area contributed by atoms with E-state index in [1.165, 1.54) is 0 Å². The normalized spacial score (nSPS) is 23.5. The van der Waals surface area contributed by atoms with Crippen LogP contribution in [-0.2, 0) is 36.8 Å². The van der Waals surface area contributed by atoms with E-state index in [1.54, 1.807) is 0 Å². The molecular weight excluding hydrogens is 571 g/mol. The zero-order chi connectivity index (χ0) is 28.5. The van der Waals surface area contributed by atoms with Gasteiger partial charge in [-0.25, -0.2) is 0 Å². The van der Waals surface area contributed by atoms with Crippen LogP contribution in [0.25, 0.3) is 0 Å². The minimum absolute atomic E-state index is 0.419. The van der Waals surface area contributed by atoms with Crippen LogP contribution in [0.2, 0.25) is 10.0 Å². The predicted molar refractivity (Wildman–Crippen MR) is 159 cm³/mol. The van der Waals surface area contributed by atoms with Crippen molar-refractivity contribution in [2.75, 3.05) is 105 Å². The lowest BCUT2D eigenvalue weighted by Gasteiger charge is -2.25. The summed E-state index contributed by atoms with van der Waals surface area (Å²) in [6, 6.07) is 11.4. The molecule has 3 aliphatic rings. The predicted octanol–water partition coefficient (Wildman–Crippen LogP) is 4.17. The van der Waals surface area contributed by atoms with Crippen LogP contribution in [-0.4, -0.2) is 115 Å². The summed E-state index contributed by atoms with van der Waals surface area (Å²) in [6.07, 6.45) is 0. The summed E-state index contributed by atoms with van der Waals surface area (Å²) >= 11 is 12.7. The largest absolute Gasteiger partial charge is 0.491 e. The van der Waals surface area contributed by atoms with Gasteiger partial charge in [0.15, 0.2) is 0 Å².